The lowest BCUT2D eigenvalue weighted by Gasteiger charge is -2.34. The second-order valence-electron chi connectivity index (χ2n) is 5.38. The van der Waals surface area contributed by atoms with Gasteiger partial charge in [-0.25, -0.2) is 13.1 Å². The highest BCUT2D eigenvalue weighted by Gasteiger charge is 2.24. The van der Waals surface area contributed by atoms with Crippen molar-refractivity contribution in [3.8, 4) is 0 Å². The molecule has 1 saturated heterocycles. The lowest BCUT2D eigenvalue weighted by Crippen LogP contribution is -2.40. The number of amides is 1. The highest BCUT2D eigenvalue weighted by atomic mass is 32.2. The zero-order chi connectivity index (χ0) is 13.8. The van der Waals surface area contributed by atoms with Crippen molar-refractivity contribution >= 4 is 15.9 Å². The van der Waals surface area contributed by atoms with Crippen LogP contribution >= 0.6 is 0 Å². The van der Waals surface area contributed by atoms with Crippen LogP contribution in [0.4, 0.5) is 0 Å². The van der Waals surface area contributed by atoms with E-state index in [1.807, 2.05) is 4.90 Å². The average molecular weight is 276 g/mol. The topological polar surface area (TPSA) is 66.5 Å². The number of sulfonamides is 1. The molecule has 106 valence electrons. The van der Waals surface area contributed by atoms with Gasteiger partial charge in [-0.05, 0) is 24.7 Å². The van der Waals surface area contributed by atoms with E-state index < -0.39 is 10.0 Å². The Bertz CT molecular complexity index is 371. The van der Waals surface area contributed by atoms with Crippen molar-refractivity contribution < 1.29 is 13.2 Å². The molecule has 1 aliphatic rings. The minimum Gasteiger partial charge on any atom is -0.343 e. The van der Waals surface area contributed by atoms with Crippen molar-refractivity contribution in [2.45, 2.75) is 33.1 Å². The van der Waals surface area contributed by atoms with Crippen LogP contribution in [-0.2, 0) is 14.8 Å². The molecular weight excluding hydrogens is 252 g/mol. The van der Waals surface area contributed by atoms with Gasteiger partial charge in [-0.1, -0.05) is 13.8 Å². The number of carbonyl (C=O) groups excluding carboxylic acids is 1. The maximum Gasteiger partial charge on any atom is 0.223 e. The van der Waals surface area contributed by atoms with E-state index >= 15 is 0 Å². The number of nitrogens with one attached hydrogen (secondary N) is 1. The van der Waals surface area contributed by atoms with Crippen molar-refractivity contribution in [3.05, 3.63) is 0 Å². The molecule has 1 aliphatic heterocycles. The smallest absolute Gasteiger partial charge is 0.223 e. The van der Waals surface area contributed by atoms with Gasteiger partial charge in [0.25, 0.3) is 0 Å². The average Bonchev–Trinajstić information content (AvgIpc) is 2.27. The molecule has 1 amide bonds. The summed E-state index contributed by atoms with van der Waals surface area (Å²) >= 11 is 0. The molecule has 0 aromatic rings. The van der Waals surface area contributed by atoms with Gasteiger partial charge < -0.3 is 4.90 Å². The van der Waals surface area contributed by atoms with Crippen LogP contribution in [0.2, 0.25) is 0 Å². The van der Waals surface area contributed by atoms with Crippen molar-refractivity contribution in [2.75, 3.05) is 25.9 Å². The molecule has 0 aliphatic carbocycles. The molecule has 0 radical (unpaired) electrons. The van der Waals surface area contributed by atoms with E-state index in [2.05, 4.69) is 18.6 Å². The maximum absolute atomic E-state index is 11.9. The number of likely N-dealkylation sites (tertiary alicyclic amines) is 1. The summed E-state index contributed by atoms with van der Waals surface area (Å²) in [6, 6.07) is 0. The summed E-state index contributed by atoms with van der Waals surface area (Å²) in [5.74, 6) is 1.44. The zero-order valence-electron chi connectivity index (χ0n) is 11.5. The van der Waals surface area contributed by atoms with Crippen LogP contribution in [0.25, 0.3) is 0 Å². The van der Waals surface area contributed by atoms with E-state index in [9.17, 15) is 13.2 Å². The second-order valence-corrected chi connectivity index (χ2v) is 7.21. The van der Waals surface area contributed by atoms with Crippen LogP contribution < -0.4 is 4.72 Å². The van der Waals surface area contributed by atoms with Gasteiger partial charge in [0.05, 0.1) is 6.26 Å². The fourth-order valence-corrected chi connectivity index (χ4v) is 2.79. The predicted octanol–water partition coefficient (Wildman–Crippen LogP) is 0.820. The Kier molecular flexibility index (Phi) is 5.59. The molecule has 0 saturated carbocycles. The molecule has 0 aromatic heterocycles. The summed E-state index contributed by atoms with van der Waals surface area (Å²) in [5, 5.41) is 0. The third-order valence-electron chi connectivity index (χ3n) is 3.54. The molecule has 0 bridgehead atoms. The van der Waals surface area contributed by atoms with Crippen molar-refractivity contribution in [3.63, 3.8) is 0 Å². The summed E-state index contributed by atoms with van der Waals surface area (Å²) in [5.41, 5.74) is 0. The van der Waals surface area contributed by atoms with E-state index in [1.165, 1.54) is 0 Å². The zero-order valence-corrected chi connectivity index (χ0v) is 12.3. The molecule has 1 heterocycles. The molecule has 1 rings (SSSR count). The van der Waals surface area contributed by atoms with Crippen molar-refractivity contribution in [2.24, 2.45) is 11.8 Å². The normalized spacial score (nSPS) is 18.3. The fourth-order valence-electron chi connectivity index (χ4n) is 2.32. The Balaban J connectivity index is 2.28. The lowest BCUT2D eigenvalue weighted by atomic mass is 9.86. The lowest BCUT2D eigenvalue weighted by molar-refractivity contribution is -0.132. The summed E-state index contributed by atoms with van der Waals surface area (Å²) in [4.78, 5) is 13.7. The molecule has 0 atom stereocenters. The van der Waals surface area contributed by atoms with E-state index in [0.717, 1.165) is 32.2 Å². The Labute approximate surface area is 110 Å². The van der Waals surface area contributed by atoms with Crippen LogP contribution in [0.5, 0.6) is 0 Å². The molecule has 1 N–H and O–H groups in total. The van der Waals surface area contributed by atoms with Crippen LogP contribution in [0, 0.1) is 11.8 Å². The van der Waals surface area contributed by atoms with Gasteiger partial charge in [0.15, 0.2) is 0 Å². The van der Waals surface area contributed by atoms with Gasteiger partial charge in [0.1, 0.15) is 0 Å². The quantitative estimate of drug-likeness (QED) is 0.808. The highest BCUT2D eigenvalue weighted by molar-refractivity contribution is 7.88. The fraction of sp³-hybridized carbons (Fsp3) is 0.917. The second kappa shape index (κ2) is 6.52. The summed E-state index contributed by atoms with van der Waals surface area (Å²) < 4.78 is 24.1. The van der Waals surface area contributed by atoms with Gasteiger partial charge in [0, 0.05) is 26.1 Å². The largest absolute Gasteiger partial charge is 0.343 e. The molecule has 0 spiro atoms. The first kappa shape index (κ1) is 15.4. The number of hydrogen-bond acceptors (Lipinski definition) is 3. The van der Waals surface area contributed by atoms with Gasteiger partial charge in [-0.3, -0.25) is 4.79 Å². The molecule has 18 heavy (non-hydrogen) atoms. The SMILES string of the molecule is CC(C)C1CCN(C(=O)CCNS(C)(=O)=O)CC1. The minimum atomic E-state index is -3.19. The van der Waals surface area contributed by atoms with Gasteiger partial charge >= 0.3 is 0 Å². The predicted molar refractivity (Wildman–Crippen MR) is 71.6 cm³/mol. The third-order valence-corrected chi connectivity index (χ3v) is 4.27. The van der Waals surface area contributed by atoms with E-state index in [0.29, 0.717) is 11.8 Å². The number of carbonyl (C=O) groups is 1. The molecule has 5 nitrogen and oxygen atoms in total. The first-order valence-electron chi connectivity index (χ1n) is 6.52. The third kappa shape index (κ3) is 5.35. The monoisotopic (exact) mass is 276 g/mol. The van der Waals surface area contributed by atoms with Gasteiger partial charge in [0.2, 0.25) is 15.9 Å². The molecule has 1 fully saturated rings. The first-order chi connectivity index (χ1) is 8.29. The van der Waals surface area contributed by atoms with Crippen molar-refractivity contribution in [1.82, 2.24) is 9.62 Å². The molecule has 0 unspecified atom stereocenters. The van der Waals surface area contributed by atoms with E-state index in [4.69, 9.17) is 0 Å². The summed E-state index contributed by atoms with van der Waals surface area (Å²) in [7, 11) is -3.19. The minimum absolute atomic E-state index is 0.0494. The molecule has 0 aromatic carbocycles. The summed E-state index contributed by atoms with van der Waals surface area (Å²) in [6.45, 7) is 6.25. The van der Waals surface area contributed by atoms with Crippen LogP contribution in [0.1, 0.15) is 33.1 Å². The van der Waals surface area contributed by atoms with Crippen LogP contribution in [-0.4, -0.2) is 45.1 Å². The molecular formula is C12H24N2O3S. The number of hydrogen-bond donors (Lipinski definition) is 1. The Morgan fingerprint density at radius 1 is 1.33 bits per heavy atom. The maximum atomic E-state index is 11.9. The first-order valence-corrected chi connectivity index (χ1v) is 8.41. The van der Waals surface area contributed by atoms with Crippen molar-refractivity contribution in [1.29, 1.82) is 0 Å². The highest BCUT2D eigenvalue weighted by Crippen LogP contribution is 2.24. The number of rotatable bonds is 5. The Morgan fingerprint density at radius 3 is 2.33 bits per heavy atom. The number of piperidine rings is 1. The Morgan fingerprint density at radius 2 is 1.89 bits per heavy atom. The van der Waals surface area contributed by atoms with E-state index in [1.54, 1.807) is 0 Å². The van der Waals surface area contributed by atoms with Crippen LogP contribution in [0.3, 0.4) is 0 Å². The standard InChI is InChI=1S/C12H24N2O3S/c1-10(2)11-5-8-14(9-6-11)12(15)4-7-13-18(3,16)17/h10-11,13H,4-9H2,1-3H3. The van der Waals surface area contributed by atoms with Crippen LogP contribution in [0.15, 0.2) is 0 Å². The Hall–Kier alpha value is -0.620. The van der Waals surface area contributed by atoms with Gasteiger partial charge in [-0.15, -0.1) is 0 Å². The molecule has 6 heteroatoms. The summed E-state index contributed by atoms with van der Waals surface area (Å²) in [6.07, 6.45) is 3.47. The number of nitrogens with zero attached hydrogens (tertiary/aromatic N) is 1. The van der Waals surface area contributed by atoms with E-state index in [-0.39, 0.29) is 18.9 Å². The van der Waals surface area contributed by atoms with Gasteiger partial charge in [-0.2, -0.15) is 0 Å².